The van der Waals surface area contributed by atoms with Crippen LogP contribution in [0.15, 0.2) is 36.0 Å². The molecule has 2 rings (SSSR count). The summed E-state index contributed by atoms with van der Waals surface area (Å²) in [5, 5.41) is 4.41. The summed E-state index contributed by atoms with van der Waals surface area (Å²) < 4.78 is 0. The van der Waals surface area contributed by atoms with Gasteiger partial charge in [0.25, 0.3) is 0 Å². The molecule has 0 radical (unpaired) electrons. The lowest BCUT2D eigenvalue weighted by Gasteiger charge is -2.19. The highest BCUT2D eigenvalue weighted by Gasteiger charge is 2.12. The van der Waals surface area contributed by atoms with Gasteiger partial charge in [-0.2, -0.15) is 0 Å². The first-order chi connectivity index (χ1) is 8.66. The second-order valence-electron chi connectivity index (χ2n) is 4.49. The van der Waals surface area contributed by atoms with Gasteiger partial charge < -0.3 is 5.32 Å². The summed E-state index contributed by atoms with van der Waals surface area (Å²) in [6.07, 6.45) is 2.85. The van der Waals surface area contributed by atoms with Crippen molar-refractivity contribution in [2.75, 3.05) is 0 Å². The quantitative estimate of drug-likeness (QED) is 0.893. The van der Waals surface area contributed by atoms with Crippen LogP contribution in [-0.4, -0.2) is 11.0 Å². The van der Waals surface area contributed by atoms with Crippen molar-refractivity contribution >= 4 is 22.9 Å². The normalized spacial score (nSPS) is 14.4. The molecule has 0 bridgehead atoms. The van der Waals surface area contributed by atoms with Gasteiger partial charge in [-0.3, -0.25) is 4.98 Å². The van der Waals surface area contributed by atoms with Crippen molar-refractivity contribution in [1.29, 1.82) is 0 Å². The Hall–Kier alpha value is -0.900. The second-order valence-corrected chi connectivity index (χ2v) is 5.81. The lowest BCUT2D eigenvalue weighted by atomic mass is 10.1. The summed E-state index contributed by atoms with van der Waals surface area (Å²) in [4.78, 5) is 5.37. The van der Waals surface area contributed by atoms with Crippen LogP contribution in [-0.2, 0) is 6.42 Å². The molecule has 2 aromatic rings. The van der Waals surface area contributed by atoms with Crippen LogP contribution in [0.1, 0.15) is 30.3 Å². The van der Waals surface area contributed by atoms with E-state index in [1.807, 2.05) is 29.9 Å². The number of rotatable bonds is 5. The van der Waals surface area contributed by atoms with Crippen LogP contribution in [0.25, 0.3) is 0 Å². The predicted molar refractivity (Wildman–Crippen MR) is 78.3 cm³/mol. The first-order valence-corrected chi connectivity index (χ1v) is 7.30. The topological polar surface area (TPSA) is 24.9 Å². The maximum Gasteiger partial charge on any atom is 0.0794 e. The van der Waals surface area contributed by atoms with Gasteiger partial charge in [-0.25, -0.2) is 0 Å². The SMILES string of the molecule is CC(Cc1ccccc1Cl)NC(C)c1cncs1. The van der Waals surface area contributed by atoms with Crippen LogP contribution in [0.2, 0.25) is 5.02 Å². The van der Waals surface area contributed by atoms with Crippen LogP contribution in [0.3, 0.4) is 0 Å². The maximum atomic E-state index is 6.17. The molecule has 96 valence electrons. The number of aromatic nitrogens is 1. The number of halogens is 1. The second kappa shape index (κ2) is 6.32. The minimum absolute atomic E-state index is 0.329. The molecule has 0 aliphatic heterocycles. The van der Waals surface area contributed by atoms with Gasteiger partial charge in [0.05, 0.1) is 5.51 Å². The van der Waals surface area contributed by atoms with Crippen molar-refractivity contribution in [3.63, 3.8) is 0 Å². The van der Waals surface area contributed by atoms with E-state index in [2.05, 4.69) is 30.2 Å². The van der Waals surface area contributed by atoms with E-state index < -0.39 is 0 Å². The molecule has 0 aliphatic carbocycles. The van der Waals surface area contributed by atoms with Crippen molar-refractivity contribution < 1.29 is 0 Å². The summed E-state index contributed by atoms with van der Waals surface area (Å²) in [5.74, 6) is 0. The predicted octanol–water partition coefficient (Wildman–Crippen LogP) is 4.08. The van der Waals surface area contributed by atoms with Crippen LogP contribution in [0.5, 0.6) is 0 Å². The minimum Gasteiger partial charge on any atom is -0.307 e. The first-order valence-electron chi connectivity index (χ1n) is 6.04. The van der Waals surface area contributed by atoms with Gasteiger partial charge in [0, 0.05) is 28.2 Å². The molecule has 4 heteroatoms. The summed E-state index contributed by atoms with van der Waals surface area (Å²) in [7, 11) is 0. The highest BCUT2D eigenvalue weighted by atomic mass is 35.5. The summed E-state index contributed by atoms with van der Waals surface area (Å²) >= 11 is 7.85. The zero-order valence-corrected chi connectivity index (χ0v) is 12.1. The summed E-state index contributed by atoms with van der Waals surface area (Å²) in [6, 6.07) is 8.72. The Labute approximate surface area is 117 Å². The lowest BCUT2D eigenvalue weighted by Crippen LogP contribution is -2.30. The monoisotopic (exact) mass is 280 g/mol. The number of nitrogens with one attached hydrogen (secondary N) is 1. The standard InChI is InChI=1S/C14H17ClN2S/c1-10(7-12-5-3-4-6-13(12)15)17-11(2)14-8-16-9-18-14/h3-6,8-11,17H,7H2,1-2H3. The van der Waals surface area contributed by atoms with E-state index >= 15 is 0 Å². The molecule has 2 unspecified atom stereocenters. The van der Waals surface area contributed by atoms with E-state index in [0.29, 0.717) is 12.1 Å². The fourth-order valence-electron chi connectivity index (χ4n) is 2.00. The number of thiazole rings is 1. The molecule has 1 aromatic heterocycles. The first kappa shape index (κ1) is 13.5. The highest BCUT2D eigenvalue weighted by molar-refractivity contribution is 7.09. The van der Waals surface area contributed by atoms with Crippen molar-refractivity contribution in [3.05, 3.63) is 51.4 Å². The average Bonchev–Trinajstić information content (AvgIpc) is 2.85. The van der Waals surface area contributed by atoms with E-state index in [-0.39, 0.29) is 0 Å². The fraction of sp³-hybridized carbons (Fsp3) is 0.357. The number of hydrogen-bond donors (Lipinski definition) is 1. The molecule has 0 aliphatic rings. The van der Waals surface area contributed by atoms with Gasteiger partial charge in [-0.15, -0.1) is 11.3 Å². The van der Waals surface area contributed by atoms with Crippen LogP contribution < -0.4 is 5.32 Å². The van der Waals surface area contributed by atoms with Crippen molar-refractivity contribution in [2.24, 2.45) is 0 Å². The molecule has 0 spiro atoms. The van der Waals surface area contributed by atoms with Gasteiger partial charge in [-0.1, -0.05) is 29.8 Å². The fourth-order valence-corrected chi connectivity index (χ4v) is 2.85. The Morgan fingerprint density at radius 3 is 2.78 bits per heavy atom. The van der Waals surface area contributed by atoms with Crippen LogP contribution in [0, 0.1) is 0 Å². The van der Waals surface area contributed by atoms with Gasteiger partial charge in [0.2, 0.25) is 0 Å². The number of nitrogens with zero attached hydrogens (tertiary/aromatic N) is 1. The molecule has 1 heterocycles. The molecule has 0 saturated heterocycles. The molecular weight excluding hydrogens is 264 g/mol. The molecule has 2 nitrogen and oxygen atoms in total. The zero-order chi connectivity index (χ0) is 13.0. The molecule has 0 fully saturated rings. The third kappa shape index (κ3) is 3.55. The van der Waals surface area contributed by atoms with Crippen molar-refractivity contribution in [3.8, 4) is 0 Å². The third-order valence-corrected chi connectivity index (χ3v) is 4.22. The Morgan fingerprint density at radius 1 is 1.33 bits per heavy atom. The Balaban J connectivity index is 1.93. The molecule has 2 atom stereocenters. The molecule has 1 aromatic carbocycles. The third-order valence-electron chi connectivity index (χ3n) is 2.90. The number of hydrogen-bond acceptors (Lipinski definition) is 3. The average molecular weight is 281 g/mol. The minimum atomic E-state index is 0.329. The van der Waals surface area contributed by atoms with Crippen molar-refractivity contribution in [2.45, 2.75) is 32.4 Å². The van der Waals surface area contributed by atoms with E-state index in [9.17, 15) is 0 Å². The Kier molecular flexibility index (Phi) is 4.75. The zero-order valence-electron chi connectivity index (χ0n) is 10.6. The maximum absolute atomic E-state index is 6.17. The largest absolute Gasteiger partial charge is 0.307 e. The van der Waals surface area contributed by atoms with Gasteiger partial charge in [0.15, 0.2) is 0 Å². The smallest absolute Gasteiger partial charge is 0.0794 e. The van der Waals surface area contributed by atoms with E-state index in [1.165, 1.54) is 10.4 Å². The van der Waals surface area contributed by atoms with Crippen LogP contribution >= 0.6 is 22.9 Å². The summed E-state index contributed by atoms with van der Waals surface area (Å²) in [5.41, 5.74) is 3.06. The number of benzene rings is 1. The Bertz CT molecular complexity index is 484. The lowest BCUT2D eigenvalue weighted by molar-refractivity contribution is 0.481. The van der Waals surface area contributed by atoms with Crippen molar-refractivity contribution in [1.82, 2.24) is 10.3 Å². The van der Waals surface area contributed by atoms with Gasteiger partial charge in [0.1, 0.15) is 0 Å². The van der Waals surface area contributed by atoms with Gasteiger partial charge in [-0.05, 0) is 31.9 Å². The summed E-state index contributed by atoms with van der Waals surface area (Å²) in [6.45, 7) is 4.34. The molecule has 0 saturated carbocycles. The molecule has 1 N–H and O–H groups in total. The van der Waals surface area contributed by atoms with E-state index in [4.69, 9.17) is 11.6 Å². The van der Waals surface area contributed by atoms with E-state index in [1.54, 1.807) is 11.3 Å². The molecule has 0 amide bonds. The van der Waals surface area contributed by atoms with Gasteiger partial charge >= 0.3 is 0 Å². The van der Waals surface area contributed by atoms with Crippen LogP contribution in [0.4, 0.5) is 0 Å². The highest BCUT2D eigenvalue weighted by Crippen LogP contribution is 2.20. The molecular formula is C14H17ClN2S. The molecule has 18 heavy (non-hydrogen) atoms. The Morgan fingerprint density at radius 2 is 2.11 bits per heavy atom. The van der Waals surface area contributed by atoms with E-state index in [0.717, 1.165) is 11.4 Å².